The third-order valence-corrected chi connectivity index (χ3v) is 7.33. The number of aryl methyl sites for hydroxylation is 1. The Balaban J connectivity index is 1.20. The lowest BCUT2D eigenvalue weighted by Crippen LogP contribution is -2.46. The fraction of sp³-hybridized carbons (Fsp3) is 0.517. The van der Waals surface area contributed by atoms with E-state index in [1.165, 1.54) is 11.3 Å². The second kappa shape index (κ2) is 10.8. The number of likely N-dealkylation sites (tertiary alicyclic amines) is 1. The maximum atomic E-state index is 12.6. The Morgan fingerprint density at radius 3 is 2.43 bits per heavy atom. The highest BCUT2D eigenvalue weighted by atomic mass is 16.2. The van der Waals surface area contributed by atoms with Gasteiger partial charge < -0.3 is 15.5 Å². The van der Waals surface area contributed by atoms with Crippen molar-refractivity contribution in [3.63, 3.8) is 0 Å². The molecule has 0 bridgehead atoms. The molecule has 0 saturated carbocycles. The number of anilines is 1. The van der Waals surface area contributed by atoms with Gasteiger partial charge in [-0.05, 0) is 67.0 Å². The fourth-order valence-corrected chi connectivity index (χ4v) is 5.22. The molecule has 2 aromatic carbocycles. The zero-order chi connectivity index (χ0) is 25.0. The van der Waals surface area contributed by atoms with E-state index in [0.717, 1.165) is 51.0 Å². The van der Waals surface area contributed by atoms with Gasteiger partial charge in [-0.1, -0.05) is 45.0 Å². The van der Waals surface area contributed by atoms with Gasteiger partial charge in [-0.15, -0.1) is 0 Å². The first-order chi connectivity index (χ1) is 16.7. The van der Waals surface area contributed by atoms with Gasteiger partial charge in [0.2, 0.25) is 5.91 Å². The highest BCUT2D eigenvalue weighted by Gasteiger charge is 2.31. The molecule has 0 aromatic heterocycles. The second-order valence-corrected chi connectivity index (χ2v) is 11.1. The van der Waals surface area contributed by atoms with Crippen molar-refractivity contribution in [1.82, 2.24) is 15.5 Å². The Morgan fingerprint density at radius 2 is 1.71 bits per heavy atom. The van der Waals surface area contributed by atoms with Crippen molar-refractivity contribution >= 4 is 17.5 Å². The van der Waals surface area contributed by atoms with E-state index >= 15 is 0 Å². The van der Waals surface area contributed by atoms with Crippen LogP contribution in [0.25, 0.3) is 0 Å². The molecule has 188 valence electrons. The number of hydrogen-bond donors (Lipinski definition) is 2. The van der Waals surface area contributed by atoms with Gasteiger partial charge in [0.1, 0.15) is 0 Å². The predicted octanol–water partition coefficient (Wildman–Crippen LogP) is 3.88. The first-order valence-corrected chi connectivity index (χ1v) is 12.9. The fourth-order valence-electron chi connectivity index (χ4n) is 5.22. The summed E-state index contributed by atoms with van der Waals surface area (Å²) in [5.41, 5.74) is 4.29. The van der Waals surface area contributed by atoms with E-state index in [2.05, 4.69) is 72.4 Å². The van der Waals surface area contributed by atoms with Crippen molar-refractivity contribution in [2.45, 2.75) is 64.5 Å². The monoisotopic (exact) mass is 476 g/mol. The van der Waals surface area contributed by atoms with Gasteiger partial charge in [0, 0.05) is 49.5 Å². The number of carbonyl (C=O) groups excluding carboxylic acids is 2. The van der Waals surface area contributed by atoms with Crippen molar-refractivity contribution in [3.8, 4) is 0 Å². The predicted molar refractivity (Wildman–Crippen MR) is 142 cm³/mol. The van der Waals surface area contributed by atoms with Gasteiger partial charge in [0.05, 0.1) is 6.54 Å². The van der Waals surface area contributed by atoms with Crippen LogP contribution in [0, 0.1) is 6.92 Å². The summed E-state index contributed by atoms with van der Waals surface area (Å²) in [5.74, 6) is -0.328. The minimum absolute atomic E-state index is 0.00393. The summed E-state index contributed by atoms with van der Waals surface area (Å²) in [6.07, 6.45) is 3.27. The molecule has 0 aliphatic carbocycles. The third kappa shape index (κ3) is 6.63. The molecule has 35 heavy (non-hydrogen) atoms. The third-order valence-electron chi connectivity index (χ3n) is 7.33. The van der Waals surface area contributed by atoms with Gasteiger partial charge in [-0.2, -0.15) is 0 Å². The lowest BCUT2D eigenvalue weighted by Gasteiger charge is -2.38. The minimum atomic E-state index is -0.209. The van der Waals surface area contributed by atoms with Crippen molar-refractivity contribution in [3.05, 3.63) is 65.2 Å². The van der Waals surface area contributed by atoms with E-state index < -0.39 is 0 Å². The molecule has 0 spiro atoms. The van der Waals surface area contributed by atoms with Crippen LogP contribution in [0.15, 0.2) is 48.5 Å². The average molecular weight is 477 g/mol. The lowest BCUT2D eigenvalue weighted by atomic mass is 9.86. The number of nitrogens with one attached hydrogen (secondary N) is 2. The van der Waals surface area contributed by atoms with Crippen LogP contribution in [-0.2, 0) is 10.2 Å². The zero-order valence-corrected chi connectivity index (χ0v) is 21.6. The van der Waals surface area contributed by atoms with Crippen LogP contribution >= 0.6 is 0 Å². The Kier molecular flexibility index (Phi) is 7.80. The molecule has 2 aliphatic heterocycles. The first-order valence-electron chi connectivity index (χ1n) is 12.9. The van der Waals surface area contributed by atoms with Crippen LogP contribution in [0.5, 0.6) is 0 Å². The van der Waals surface area contributed by atoms with Crippen LogP contribution < -0.4 is 15.5 Å². The summed E-state index contributed by atoms with van der Waals surface area (Å²) in [6, 6.07) is 17.1. The van der Waals surface area contributed by atoms with Crippen molar-refractivity contribution in [2.75, 3.05) is 37.6 Å². The summed E-state index contributed by atoms with van der Waals surface area (Å²) in [4.78, 5) is 30.1. The van der Waals surface area contributed by atoms with E-state index in [9.17, 15) is 9.59 Å². The van der Waals surface area contributed by atoms with Crippen LogP contribution in [-0.4, -0.2) is 61.5 Å². The Morgan fingerprint density at radius 1 is 0.971 bits per heavy atom. The summed E-state index contributed by atoms with van der Waals surface area (Å²) in [6.45, 7) is 12.6. The number of benzene rings is 2. The van der Waals surface area contributed by atoms with E-state index in [1.807, 2.05) is 18.2 Å². The number of piperidine rings is 1. The maximum absolute atomic E-state index is 12.6. The number of hydrogen-bond acceptors (Lipinski definition) is 4. The summed E-state index contributed by atoms with van der Waals surface area (Å²) >= 11 is 0. The van der Waals surface area contributed by atoms with Gasteiger partial charge >= 0.3 is 0 Å². The summed E-state index contributed by atoms with van der Waals surface area (Å²) in [7, 11) is 0. The number of carbonyl (C=O) groups is 2. The molecule has 4 rings (SSSR count). The van der Waals surface area contributed by atoms with Crippen LogP contribution in [0.2, 0.25) is 0 Å². The number of amides is 2. The second-order valence-electron chi connectivity index (χ2n) is 11.1. The van der Waals surface area contributed by atoms with Crippen LogP contribution in [0.3, 0.4) is 0 Å². The normalized spacial score (nSPS) is 19.5. The van der Waals surface area contributed by atoms with E-state index in [4.69, 9.17) is 0 Å². The van der Waals surface area contributed by atoms with Crippen molar-refractivity contribution in [1.29, 1.82) is 0 Å². The first kappa shape index (κ1) is 25.2. The van der Waals surface area contributed by atoms with Gasteiger partial charge in [0.25, 0.3) is 5.91 Å². The molecular formula is C29H40N4O2. The zero-order valence-electron chi connectivity index (χ0n) is 21.6. The number of nitrogens with zero attached hydrogens (tertiary/aromatic N) is 2. The lowest BCUT2D eigenvalue weighted by molar-refractivity contribution is -0.120. The topological polar surface area (TPSA) is 64.7 Å². The Hall–Kier alpha value is -2.86. The molecule has 0 radical (unpaired) electrons. The van der Waals surface area contributed by atoms with Crippen molar-refractivity contribution in [2.24, 2.45) is 0 Å². The molecule has 6 heteroatoms. The molecule has 2 fully saturated rings. The largest absolute Gasteiger partial charge is 0.371 e. The van der Waals surface area contributed by atoms with E-state index in [-0.39, 0.29) is 29.8 Å². The molecule has 1 unspecified atom stereocenters. The molecular weight excluding hydrogens is 436 g/mol. The standard InChI is InChI=1S/C29H40N4O2/c1-21-7-5-10-26(17-21)32-15-12-25(13-16-32)33-14-11-24(20-33)31-27(34)19-30-28(35)22-8-6-9-23(18-22)29(2,3)4/h5-10,17-18,24-25H,11-16,19-20H2,1-4H3,(H,30,35)(H,31,34). The SMILES string of the molecule is Cc1cccc(N2CCC(N3CCC(NC(=O)CNC(=O)c4cccc(C(C)(C)C)c4)C3)CC2)c1. The number of rotatable bonds is 6. The quantitative estimate of drug-likeness (QED) is 0.664. The minimum Gasteiger partial charge on any atom is -0.371 e. The van der Waals surface area contributed by atoms with Crippen molar-refractivity contribution < 1.29 is 9.59 Å². The highest BCUT2D eigenvalue weighted by Crippen LogP contribution is 2.26. The smallest absolute Gasteiger partial charge is 0.251 e. The van der Waals surface area contributed by atoms with Gasteiger partial charge in [0.15, 0.2) is 0 Å². The Labute approximate surface area is 210 Å². The molecule has 2 N–H and O–H groups in total. The average Bonchev–Trinajstić information content (AvgIpc) is 3.30. The summed E-state index contributed by atoms with van der Waals surface area (Å²) in [5, 5.41) is 5.91. The highest BCUT2D eigenvalue weighted by molar-refractivity contribution is 5.96. The summed E-state index contributed by atoms with van der Waals surface area (Å²) < 4.78 is 0. The molecule has 6 nitrogen and oxygen atoms in total. The van der Waals surface area contributed by atoms with E-state index in [1.54, 1.807) is 6.07 Å². The molecule has 2 aromatic rings. The maximum Gasteiger partial charge on any atom is 0.251 e. The van der Waals surface area contributed by atoms with Crippen LogP contribution in [0.1, 0.15) is 61.5 Å². The van der Waals surface area contributed by atoms with Crippen LogP contribution in [0.4, 0.5) is 5.69 Å². The molecule has 1 atom stereocenters. The molecule has 2 aliphatic rings. The van der Waals surface area contributed by atoms with E-state index in [0.29, 0.717) is 11.6 Å². The Bertz CT molecular complexity index is 1040. The van der Waals surface area contributed by atoms with Gasteiger partial charge in [-0.3, -0.25) is 14.5 Å². The molecule has 2 heterocycles. The molecule has 2 saturated heterocycles. The van der Waals surface area contributed by atoms with Gasteiger partial charge in [-0.25, -0.2) is 0 Å². The molecule has 2 amide bonds.